The van der Waals surface area contributed by atoms with Crippen molar-refractivity contribution in [2.45, 2.75) is 45.8 Å². The van der Waals surface area contributed by atoms with E-state index >= 15 is 4.39 Å². The molecule has 170 valence electrons. The van der Waals surface area contributed by atoms with Crippen molar-refractivity contribution in [2.24, 2.45) is 0 Å². The number of amides is 1. The van der Waals surface area contributed by atoms with E-state index in [-0.39, 0.29) is 35.5 Å². The number of hydrogen-bond acceptors (Lipinski definition) is 6. The van der Waals surface area contributed by atoms with Gasteiger partial charge in [0.25, 0.3) is 5.91 Å². The number of likely N-dealkylation sites (tertiary alicyclic amines) is 1. The van der Waals surface area contributed by atoms with Crippen LogP contribution in [0.1, 0.15) is 54.1 Å². The Morgan fingerprint density at radius 3 is 2.69 bits per heavy atom. The Balaban J connectivity index is 1.90. The molecule has 1 atom stereocenters. The molecule has 0 aliphatic carbocycles. The van der Waals surface area contributed by atoms with Gasteiger partial charge >= 0.3 is 0 Å². The average molecular weight is 462 g/mol. The van der Waals surface area contributed by atoms with Crippen LogP contribution >= 0.6 is 11.6 Å². The molecule has 0 bridgehead atoms. The number of aliphatic hydroxyl groups excluding tert-OH is 1. The highest BCUT2D eigenvalue weighted by atomic mass is 35.5. The molecule has 4 rings (SSSR count). The average Bonchev–Trinajstić information content (AvgIpc) is 3.05. The number of aryl methyl sites for hydroxylation is 1. The van der Waals surface area contributed by atoms with E-state index in [1.807, 2.05) is 18.2 Å². The lowest BCUT2D eigenvalue weighted by atomic mass is 9.95. The summed E-state index contributed by atoms with van der Waals surface area (Å²) in [6.07, 6.45) is 2.38. The van der Waals surface area contributed by atoms with E-state index in [1.165, 1.54) is 11.0 Å². The molecule has 1 aromatic carbocycles. The molecule has 2 aromatic heterocycles. The predicted octanol–water partition coefficient (Wildman–Crippen LogP) is 3.17. The number of nitrogens with zero attached hydrogens (tertiary/aromatic N) is 4. The summed E-state index contributed by atoms with van der Waals surface area (Å²) in [7, 11) is 0. The zero-order chi connectivity index (χ0) is 23.3. The largest absolute Gasteiger partial charge is 0.490 e. The van der Waals surface area contributed by atoms with Crippen LogP contribution in [0.5, 0.6) is 5.75 Å². The number of benzene rings is 1. The number of anilines is 1. The van der Waals surface area contributed by atoms with Gasteiger partial charge in [0.05, 0.1) is 22.9 Å². The molecule has 0 radical (unpaired) electrons. The van der Waals surface area contributed by atoms with Crippen LogP contribution in [0.25, 0.3) is 5.52 Å². The van der Waals surface area contributed by atoms with Gasteiger partial charge in [-0.2, -0.15) is 0 Å². The maximum absolute atomic E-state index is 15.2. The maximum Gasteiger partial charge on any atom is 0.260 e. The molecular weight excluding hydrogens is 437 g/mol. The molecule has 3 N–H and O–H groups in total. The highest BCUT2D eigenvalue weighted by Crippen LogP contribution is 2.40. The van der Waals surface area contributed by atoms with Crippen molar-refractivity contribution in [3.8, 4) is 5.75 Å². The fraction of sp³-hybridized carbons (Fsp3) is 0.409. The standard InChI is InChI=1S/C22H25ClFN5O3/c1-10(2)32-19-14(7-15(23)17(24)16(19)22(31)28-8-13(30)9-28)11(3)21-27-12(4)18-20(25)26-5-6-29(18)21/h5-7,10-11,13,30H,8-9H2,1-4H3,(H2,25,26). The Labute approximate surface area is 189 Å². The Bertz CT molecular complexity index is 1210. The van der Waals surface area contributed by atoms with Crippen LogP contribution in [0.3, 0.4) is 0 Å². The number of aliphatic hydroxyl groups is 1. The Morgan fingerprint density at radius 2 is 2.06 bits per heavy atom. The first-order chi connectivity index (χ1) is 15.1. The zero-order valence-corrected chi connectivity index (χ0v) is 19.0. The van der Waals surface area contributed by atoms with Gasteiger partial charge in [-0.25, -0.2) is 14.4 Å². The third-order valence-corrected chi connectivity index (χ3v) is 5.83. The minimum atomic E-state index is -0.845. The van der Waals surface area contributed by atoms with Crippen molar-refractivity contribution < 1.29 is 19.0 Å². The third-order valence-electron chi connectivity index (χ3n) is 5.56. The van der Waals surface area contributed by atoms with Crippen molar-refractivity contribution in [1.82, 2.24) is 19.3 Å². The van der Waals surface area contributed by atoms with Crippen molar-refractivity contribution in [2.75, 3.05) is 18.8 Å². The molecule has 32 heavy (non-hydrogen) atoms. The zero-order valence-electron chi connectivity index (χ0n) is 18.3. The molecule has 8 nitrogen and oxygen atoms in total. The summed E-state index contributed by atoms with van der Waals surface area (Å²) in [5.74, 6) is -0.741. The number of imidazole rings is 1. The second kappa shape index (κ2) is 8.22. The van der Waals surface area contributed by atoms with E-state index in [1.54, 1.807) is 26.2 Å². The van der Waals surface area contributed by atoms with Crippen LogP contribution in [-0.2, 0) is 0 Å². The first-order valence-electron chi connectivity index (χ1n) is 10.3. The van der Waals surface area contributed by atoms with Gasteiger partial charge < -0.3 is 20.5 Å². The van der Waals surface area contributed by atoms with Gasteiger partial charge in [0.1, 0.15) is 28.5 Å². The van der Waals surface area contributed by atoms with Crippen molar-refractivity contribution in [1.29, 1.82) is 0 Å². The second-order valence-corrected chi connectivity index (χ2v) is 8.71. The number of rotatable bonds is 5. The number of hydrogen-bond donors (Lipinski definition) is 2. The highest BCUT2D eigenvalue weighted by molar-refractivity contribution is 6.31. The van der Waals surface area contributed by atoms with Crippen LogP contribution in [0.15, 0.2) is 18.5 Å². The number of aromatic nitrogens is 3. The van der Waals surface area contributed by atoms with E-state index < -0.39 is 23.7 Å². The summed E-state index contributed by atoms with van der Waals surface area (Å²) >= 11 is 6.24. The number of ether oxygens (including phenoxy) is 1. The van der Waals surface area contributed by atoms with Crippen LogP contribution in [0.2, 0.25) is 5.02 Å². The molecule has 10 heteroatoms. The van der Waals surface area contributed by atoms with Gasteiger partial charge in [0, 0.05) is 37.0 Å². The number of carbonyl (C=O) groups excluding carboxylic acids is 1. The molecule has 1 aliphatic heterocycles. The molecule has 1 amide bonds. The van der Waals surface area contributed by atoms with E-state index in [0.717, 1.165) is 0 Å². The highest BCUT2D eigenvalue weighted by Gasteiger charge is 2.36. The SMILES string of the molecule is Cc1nc(C(C)c2cc(Cl)c(F)c(C(=O)N3CC(O)C3)c2OC(C)C)n2ccnc(N)c12. The van der Waals surface area contributed by atoms with Gasteiger partial charge in [0.15, 0.2) is 5.82 Å². The van der Waals surface area contributed by atoms with Crippen molar-refractivity contribution >= 4 is 28.8 Å². The van der Waals surface area contributed by atoms with Crippen molar-refractivity contribution in [3.63, 3.8) is 0 Å². The van der Waals surface area contributed by atoms with Gasteiger partial charge in [-0.05, 0) is 26.8 Å². The number of carbonyl (C=O) groups is 1. The van der Waals surface area contributed by atoms with E-state index in [9.17, 15) is 9.90 Å². The summed E-state index contributed by atoms with van der Waals surface area (Å²) in [4.78, 5) is 23.3. The lowest BCUT2D eigenvalue weighted by Gasteiger charge is -2.36. The minimum Gasteiger partial charge on any atom is -0.490 e. The molecular formula is C22H25ClFN5O3. The monoisotopic (exact) mass is 461 g/mol. The van der Waals surface area contributed by atoms with Gasteiger partial charge in [-0.3, -0.25) is 9.20 Å². The summed E-state index contributed by atoms with van der Waals surface area (Å²) in [6, 6.07) is 1.47. The van der Waals surface area contributed by atoms with E-state index in [0.29, 0.717) is 28.4 Å². The van der Waals surface area contributed by atoms with E-state index in [4.69, 9.17) is 22.1 Å². The molecule has 1 saturated heterocycles. The van der Waals surface area contributed by atoms with Crippen LogP contribution in [-0.4, -0.2) is 55.6 Å². The summed E-state index contributed by atoms with van der Waals surface area (Å²) < 4.78 is 23.0. The molecule has 3 heterocycles. The molecule has 1 aliphatic rings. The minimum absolute atomic E-state index is 0.122. The van der Waals surface area contributed by atoms with Gasteiger partial charge in [-0.15, -0.1) is 0 Å². The third kappa shape index (κ3) is 3.65. The smallest absolute Gasteiger partial charge is 0.260 e. The molecule has 0 saturated carbocycles. The fourth-order valence-corrected chi connectivity index (χ4v) is 4.21. The summed E-state index contributed by atoms with van der Waals surface area (Å²) in [5, 5.41) is 9.41. The molecule has 3 aromatic rings. The van der Waals surface area contributed by atoms with E-state index in [2.05, 4.69) is 9.97 Å². The fourth-order valence-electron chi connectivity index (χ4n) is 4.00. The molecule has 1 unspecified atom stereocenters. The quantitative estimate of drug-likeness (QED) is 0.604. The van der Waals surface area contributed by atoms with Crippen LogP contribution in [0, 0.1) is 12.7 Å². The number of fused-ring (bicyclic) bond motifs is 1. The number of β-amino-alcohol motifs (C(OH)–C–C–N with tert-alkyl or cyclic N) is 1. The normalized spacial score (nSPS) is 15.3. The first kappa shape index (κ1) is 22.3. The Morgan fingerprint density at radius 1 is 1.38 bits per heavy atom. The topological polar surface area (TPSA) is 106 Å². The molecule has 1 fully saturated rings. The summed E-state index contributed by atoms with van der Waals surface area (Å²) in [6.45, 7) is 7.56. The lowest BCUT2D eigenvalue weighted by Crippen LogP contribution is -2.53. The number of nitrogen functional groups attached to an aromatic ring is 1. The van der Waals surface area contributed by atoms with Crippen LogP contribution in [0.4, 0.5) is 10.2 Å². The first-order valence-corrected chi connectivity index (χ1v) is 10.7. The molecule has 0 spiro atoms. The maximum atomic E-state index is 15.2. The summed E-state index contributed by atoms with van der Waals surface area (Å²) in [5.41, 5.74) is 7.71. The Kier molecular flexibility index (Phi) is 5.72. The second-order valence-electron chi connectivity index (χ2n) is 8.30. The van der Waals surface area contributed by atoms with Gasteiger partial charge in [0.2, 0.25) is 0 Å². The predicted molar refractivity (Wildman–Crippen MR) is 119 cm³/mol. The number of nitrogens with two attached hydrogens (primary N) is 1. The van der Waals surface area contributed by atoms with Crippen LogP contribution < -0.4 is 10.5 Å². The number of halogens is 2. The Hall–Kier alpha value is -2.91. The van der Waals surface area contributed by atoms with Gasteiger partial charge in [-0.1, -0.05) is 18.5 Å². The lowest BCUT2D eigenvalue weighted by molar-refractivity contribution is 0.00524. The van der Waals surface area contributed by atoms with Crippen molar-refractivity contribution in [3.05, 3.63) is 51.9 Å².